The molecule has 3 aromatic rings. The second kappa shape index (κ2) is 6.03. The zero-order chi connectivity index (χ0) is 15.6. The van der Waals surface area contributed by atoms with Crippen molar-refractivity contribution in [1.82, 2.24) is 24.3 Å². The Morgan fingerprint density at radius 3 is 2.86 bits per heavy atom. The summed E-state index contributed by atoms with van der Waals surface area (Å²) in [5.74, 6) is 0. The van der Waals surface area contributed by atoms with Gasteiger partial charge in [0.15, 0.2) is 0 Å². The van der Waals surface area contributed by atoms with Crippen molar-refractivity contribution in [3.8, 4) is 0 Å². The third-order valence-corrected chi connectivity index (χ3v) is 5.31. The highest BCUT2D eigenvalue weighted by atomic mass is 32.2. The van der Waals surface area contributed by atoms with Crippen LogP contribution in [0.4, 0.5) is 0 Å². The number of thiophene rings is 1. The van der Waals surface area contributed by atoms with Gasteiger partial charge >= 0.3 is 0 Å². The van der Waals surface area contributed by atoms with Gasteiger partial charge in [-0.05, 0) is 28.5 Å². The van der Waals surface area contributed by atoms with Gasteiger partial charge in [-0.2, -0.15) is 21.5 Å². The minimum Gasteiger partial charge on any atom is -0.274 e. The van der Waals surface area contributed by atoms with E-state index < -0.39 is 10.0 Å². The summed E-state index contributed by atoms with van der Waals surface area (Å²) in [7, 11) is -1.91. The predicted molar refractivity (Wildman–Crippen MR) is 83.1 cm³/mol. The first-order valence-electron chi connectivity index (χ1n) is 6.56. The second-order valence-corrected chi connectivity index (χ2v) is 7.31. The lowest BCUT2D eigenvalue weighted by molar-refractivity contribution is 0.506. The van der Waals surface area contributed by atoms with Gasteiger partial charge < -0.3 is 0 Å². The molecule has 0 saturated heterocycles. The van der Waals surface area contributed by atoms with E-state index >= 15 is 0 Å². The minimum atomic E-state index is -3.59. The second-order valence-electron chi connectivity index (χ2n) is 4.76. The molecule has 22 heavy (non-hydrogen) atoms. The lowest BCUT2D eigenvalue weighted by Gasteiger charge is -2.17. The predicted octanol–water partition coefficient (Wildman–Crippen LogP) is 1.25. The van der Waals surface area contributed by atoms with E-state index in [9.17, 15) is 8.42 Å². The van der Waals surface area contributed by atoms with Gasteiger partial charge in [0.25, 0.3) is 0 Å². The molecule has 3 aromatic heterocycles. The lowest BCUT2D eigenvalue weighted by atomic mass is 10.1. The van der Waals surface area contributed by atoms with E-state index in [1.54, 1.807) is 29.3 Å². The topological polar surface area (TPSA) is 81.8 Å². The largest absolute Gasteiger partial charge is 0.274 e. The van der Waals surface area contributed by atoms with Crippen LogP contribution in [0.25, 0.3) is 0 Å². The summed E-state index contributed by atoms with van der Waals surface area (Å²) in [4.78, 5) is 0.152. The number of nitrogens with zero attached hydrogens (tertiary/aromatic N) is 4. The number of nitrogens with one attached hydrogen (secondary N) is 1. The molecule has 0 bridgehead atoms. The summed E-state index contributed by atoms with van der Waals surface area (Å²) < 4.78 is 30.4. The van der Waals surface area contributed by atoms with Crippen molar-refractivity contribution in [2.75, 3.05) is 6.54 Å². The third-order valence-electron chi connectivity index (χ3n) is 3.23. The molecule has 1 atom stereocenters. The molecular weight excluding hydrogens is 322 g/mol. The quantitative estimate of drug-likeness (QED) is 0.734. The van der Waals surface area contributed by atoms with Crippen molar-refractivity contribution in [1.29, 1.82) is 0 Å². The van der Waals surface area contributed by atoms with Crippen LogP contribution in [-0.4, -0.2) is 34.5 Å². The molecule has 9 heteroatoms. The van der Waals surface area contributed by atoms with E-state index in [2.05, 4.69) is 14.9 Å². The van der Waals surface area contributed by atoms with E-state index in [0.717, 1.165) is 5.56 Å². The monoisotopic (exact) mass is 337 g/mol. The molecule has 0 aliphatic heterocycles. The highest BCUT2D eigenvalue weighted by Gasteiger charge is 2.21. The molecule has 3 heterocycles. The molecule has 0 radical (unpaired) electrons. The normalized spacial score (nSPS) is 13.3. The Morgan fingerprint density at radius 2 is 2.27 bits per heavy atom. The van der Waals surface area contributed by atoms with Crippen LogP contribution in [0.5, 0.6) is 0 Å². The van der Waals surface area contributed by atoms with Crippen molar-refractivity contribution in [2.24, 2.45) is 7.05 Å². The van der Waals surface area contributed by atoms with E-state index in [1.807, 2.05) is 29.1 Å². The summed E-state index contributed by atoms with van der Waals surface area (Å²) in [6.07, 6.45) is 6.29. The number of aryl methyl sites for hydroxylation is 1. The summed E-state index contributed by atoms with van der Waals surface area (Å²) in [6.45, 7) is 0.218. The van der Waals surface area contributed by atoms with Crippen LogP contribution in [-0.2, 0) is 17.1 Å². The molecule has 0 saturated carbocycles. The van der Waals surface area contributed by atoms with Crippen LogP contribution >= 0.6 is 11.3 Å². The molecule has 3 rings (SSSR count). The molecule has 116 valence electrons. The maximum Gasteiger partial charge on any atom is 0.243 e. The van der Waals surface area contributed by atoms with Gasteiger partial charge in [0, 0.05) is 32.2 Å². The lowest BCUT2D eigenvalue weighted by Crippen LogP contribution is -2.31. The van der Waals surface area contributed by atoms with E-state index in [-0.39, 0.29) is 17.5 Å². The van der Waals surface area contributed by atoms with Gasteiger partial charge in [-0.3, -0.25) is 9.36 Å². The Morgan fingerprint density at radius 1 is 1.41 bits per heavy atom. The molecular formula is C13H15N5O2S2. The Hall–Kier alpha value is -1.97. The van der Waals surface area contributed by atoms with Gasteiger partial charge in [-0.15, -0.1) is 0 Å². The van der Waals surface area contributed by atoms with E-state index in [1.165, 1.54) is 17.1 Å². The number of hydrogen-bond donors (Lipinski definition) is 1. The highest BCUT2D eigenvalue weighted by molar-refractivity contribution is 7.89. The first kappa shape index (κ1) is 14.9. The maximum atomic E-state index is 12.3. The van der Waals surface area contributed by atoms with Crippen molar-refractivity contribution in [2.45, 2.75) is 10.9 Å². The summed E-state index contributed by atoms with van der Waals surface area (Å²) in [5, 5.41) is 12.1. The van der Waals surface area contributed by atoms with Crippen LogP contribution in [0.15, 0.2) is 52.6 Å². The third kappa shape index (κ3) is 3.11. The Balaban J connectivity index is 1.80. The molecule has 0 aromatic carbocycles. The van der Waals surface area contributed by atoms with Gasteiger partial charge in [-0.25, -0.2) is 13.1 Å². The Labute approximate surface area is 132 Å². The van der Waals surface area contributed by atoms with E-state index in [4.69, 9.17) is 0 Å². The van der Waals surface area contributed by atoms with Crippen molar-refractivity contribution >= 4 is 21.4 Å². The van der Waals surface area contributed by atoms with Crippen LogP contribution in [0.3, 0.4) is 0 Å². The SMILES string of the molecule is Cn1cc(S(=O)(=O)NC[C@H](c2ccsc2)n2cccn2)cn1. The highest BCUT2D eigenvalue weighted by Crippen LogP contribution is 2.20. The van der Waals surface area contributed by atoms with Crippen LogP contribution in [0.1, 0.15) is 11.6 Å². The van der Waals surface area contributed by atoms with Crippen molar-refractivity contribution < 1.29 is 8.42 Å². The number of rotatable bonds is 6. The van der Waals surface area contributed by atoms with Gasteiger partial charge in [0.1, 0.15) is 4.90 Å². The van der Waals surface area contributed by atoms with Crippen LogP contribution in [0, 0.1) is 0 Å². The summed E-state index contributed by atoms with van der Waals surface area (Å²) in [5.41, 5.74) is 1.02. The molecule has 7 nitrogen and oxygen atoms in total. The fourth-order valence-corrected chi connectivity index (χ4v) is 3.83. The molecule has 0 spiro atoms. The summed E-state index contributed by atoms with van der Waals surface area (Å²) >= 11 is 1.57. The summed E-state index contributed by atoms with van der Waals surface area (Å²) in [6, 6.07) is 3.59. The molecule has 0 aliphatic rings. The van der Waals surface area contributed by atoms with E-state index in [0.29, 0.717) is 0 Å². The Bertz CT molecular complexity index is 788. The minimum absolute atomic E-state index is 0.152. The number of sulfonamides is 1. The average molecular weight is 337 g/mol. The number of hydrogen-bond acceptors (Lipinski definition) is 5. The first-order valence-corrected chi connectivity index (χ1v) is 8.98. The fourth-order valence-electron chi connectivity index (χ4n) is 2.10. The molecule has 0 amide bonds. The standard InChI is InChI=1S/C13H15N5O2S2/c1-17-9-12(7-15-17)22(19,20)16-8-13(11-3-6-21-10-11)18-5-2-4-14-18/h2-7,9-10,13,16H,8H2,1H3/t13-/m1/s1. The van der Waals surface area contributed by atoms with Gasteiger partial charge in [0.2, 0.25) is 10.0 Å². The average Bonchev–Trinajstić information content (AvgIpc) is 3.20. The maximum absolute atomic E-state index is 12.3. The molecule has 1 N–H and O–H groups in total. The number of aromatic nitrogens is 4. The zero-order valence-corrected chi connectivity index (χ0v) is 13.5. The molecule has 0 fully saturated rings. The van der Waals surface area contributed by atoms with Gasteiger partial charge in [-0.1, -0.05) is 0 Å². The first-order chi connectivity index (χ1) is 10.6. The van der Waals surface area contributed by atoms with Crippen molar-refractivity contribution in [3.05, 3.63) is 53.2 Å². The zero-order valence-electron chi connectivity index (χ0n) is 11.8. The van der Waals surface area contributed by atoms with Gasteiger partial charge in [0.05, 0.1) is 12.2 Å². The van der Waals surface area contributed by atoms with Crippen LogP contribution < -0.4 is 4.72 Å². The van der Waals surface area contributed by atoms with Crippen LogP contribution in [0.2, 0.25) is 0 Å². The fraction of sp³-hybridized carbons (Fsp3) is 0.231. The molecule has 0 aliphatic carbocycles. The Kier molecular flexibility index (Phi) is 4.10. The molecule has 0 unspecified atom stereocenters. The smallest absolute Gasteiger partial charge is 0.243 e. The van der Waals surface area contributed by atoms with Crippen molar-refractivity contribution in [3.63, 3.8) is 0 Å².